The molecule has 9 heteroatoms. The molecule has 0 radical (unpaired) electrons. The smallest absolute Gasteiger partial charge is 0.335 e. The van der Waals surface area contributed by atoms with Crippen molar-refractivity contribution in [3.63, 3.8) is 0 Å². The molecule has 1 aliphatic heterocycles. The topological polar surface area (TPSA) is 84.9 Å². The van der Waals surface area contributed by atoms with Crippen molar-refractivity contribution >= 4 is 63.8 Å². The van der Waals surface area contributed by atoms with Gasteiger partial charge in [0.2, 0.25) is 0 Å². The third-order valence-corrected chi connectivity index (χ3v) is 6.78. The van der Waals surface area contributed by atoms with Gasteiger partial charge in [0, 0.05) is 5.02 Å². The summed E-state index contributed by atoms with van der Waals surface area (Å²) in [4.78, 5) is 39.4. The zero-order valence-electron chi connectivity index (χ0n) is 20.6. The minimum atomic E-state index is -0.834. The molecule has 190 valence electrons. The normalized spacial score (nSPS) is 14.7. The lowest BCUT2D eigenvalue weighted by atomic mass is 10.1. The average Bonchev–Trinajstić information content (AvgIpc) is 2.82. The summed E-state index contributed by atoms with van der Waals surface area (Å²) in [5, 5.41) is 2.60. The van der Waals surface area contributed by atoms with Gasteiger partial charge in [0.1, 0.15) is 12.2 Å². The molecule has 37 heavy (non-hydrogen) atoms. The van der Waals surface area contributed by atoms with E-state index in [9.17, 15) is 14.4 Å². The number of aryl methyl sites for hydroxylation is 3. The Morgan fingerprint density at radius 1 is 1.00 bits per heavy atom. The zero-order valence-corrected chi connectivity index (χ0v) is 23.6. The van der Waals surface area contributed by atoms with Gasteiger partial charge in [0.15, 0.2) is 11.5 Å². The van der Waals surface area contributed by atoms with E-state index in [1.54, 1.807) is 31.2 Å². The molecule has 0 aromatic heterocycles. The Hall–Kier alpha value is -3.37. The highest BCUT2D eigenvalue weighted by Gasteiger charge is 2.37. The highest BCUT2D eigenvalue weighted by Crippen LogP contribution is 2.36. The Morgan fingerprint density at radius 3 is 2.38 bits per heavy atom. The van der Waals surface area contributed by atoms with Crippen LogP contribution >= 0.6 is 34.2 Å². The summed E-state index contributed by atoms with van der Waals surface area (Å²) in [6.07, 6.45) is 1.43. The maximum atomic E-state index is 13.3. The molecule has 1 aliphatic rings. The van der Waals surface area contributed by atoms with E-state index in [4.69, 9.17) is 21.1 Å². The number of rotatable bonds is 6. The van der Waals surface area contributed by atoms with Crippen molar-refractivity contribution < 1.29 is 23.9 Å². The van der Waals surface area contributed by atoms with Gasteiger partial charge in [-0.05, 0) is 90.4 Å². The number of nitrogens with one attached hydrogen (secondary N) is 1. The quantitative estimate of drug-likeness (QED) is 0.202. The fraction of sp³-hybridized carbons (Fsp3) is 0.179. The van der Waals surface area contributed by atoms with Crippen molar-refractivity contribution in [2.45, 2.75) is 27.4 Å². The summed E-state index contributed by atoms with van der Waals surface area (Å²) < 4.78 is 12.4. The molecule has 1 saturated heterocycles. The van der Waals surface area contributed by atoms with Crippen molar-refractivity contribution in [1.82, 2.24) is 5.32 Å². The van der Waals surface area contributed by atoms with E-state index >= 15 is 0 Å². The van der Waals surface area contributed by atoms with Crippen LogP contribution in [0.2, 0.25) is 5.02 Å². The van der Waals surface area contributed by atoms with E-state index in [0.717, 1.165) is 25.2 Å². The lowest BCUT2D eigenvalue weighted by molar-refractivity contribution is -0.122. The number of hydrogen-bond acceptors (Lipinski definition) is 5. The molecule has 1 heterocycles. The van der Waals surface area contributed by atoms with Crippen LogP contribution in [0.5, 0.6) is 11.5 Å². The SMILES string of the molecule is COc1cc(/C=C2\C(=O)NC(=O)N(c3cc(Cl)ccc3C)C2=O)cc(I)c1OCc1cc(C)cc(C)c1. The van der Waals surface area contributed by atoms with Crippen LogP contribution in [0.1, 0.15) is 27.8 Å². The number of benzene rings is 3. The number of anilines is 1. The van der Waals surface area contributed by atoms with Crippen LogP contribution in [0.25, 0.3) is 6.08 Å². The van der Waals surface area contributed by atoms with Crippen molar-refractivity contribution in [3.8, 4) is 11.5 Å². The Kier molecular flexibility index (Phi) is 7.89. The zero-order chi connectivity index (χ0) is 26.9. The lowest BCUT2D eigenvalue weighted by Crippen LogP contribution is -2.54. The van der Waals surface area contributed by atoms with Gasteiger partial charge < -0.3 is 9.47 Å². The van der Waals surface area contributed by atoms with Crippen molar-refractivity contribution in [2.75, 3.05) is 12.0 Å². The average molecular weight is 631 g/mol. The van der Waals surface area contributed by atoms with E-state index in [1.807, 2.05) is 13.8 Å². The second-order valence-electron chi connectivity index (χ2n) is 8.71. The molecule has 4 rings (SSSR count). The van der Waals surface area contributed by atoms with Crippen molar-refractivity contribution in [3.05, 3.63) is 90.5 Å². The first kappa shape index (κ1) is 26.7. The van der Waals surface area contributed by atoms with Gasteiger partial charge in [-0.3, -0.25) is 14.9 Å². The largest absolute Gasteiger partial charge is 0.493 e. The number of barbiturate groups is 1. The molecule has 3 aromatic carbocycles. The fourth-order valence-electron chi connectivity index (χ4n) is 4.14. The molecule has 0 saturated carbocycles. The van der Waals surface area contributed by atoms with Gasteiger partial charge >= 0.3 is 6.03 Å². The predicted octanol–water partition coefficient (Wildman–Crippen LogP) is 6.12. The number of halogens is 2. The summed E-state index contributed by atoms with van der Waals surface area (Å²) >= 11 is 8.22. The predicted molar refractivity (Wildman–Crippen MR) is 151 cm³/mol. The molecule has 3 aromatic rings. The summed E-state index contributed by atoms with van der Waals surface area (Å²) in [5.41, 5.74) is 4.64. The maximum Gasteiger partial charge on any atom is 0.335 e. The molecule has 0 atom stereocenters. The molecular formula is C28H24ClIN2O5. The van der Waals surface area contributed by atoms with Gasteiger partial charge in [-0.15, -0.1) is 0 Å². The first-order chi connectivity index (χ1) is 17.6. The Labute approximate surface area is 233 Å². The van der Waals surface area contributed by atoms with Crippen LogP contribution in [-0.4, -0.2) is 25.0 Å². The number of imide groups is 2. The van der Waals surface area contributed by atoms with Crippen LogP contribution in [0.3, 0.4) is 0 Å². The van der Waals surface area contributed by atoms with Crippen LogP contribution < -0.4 is 19.7 Å². The third kappa shape index (κ3) is 5.80. The number of carbonyl (C=O) groups is 3. The molecular weight excluding hydrogens is 607 g/mol. The summed E-state index contributed by atoms with van der Waals surface area (Å²) in [5.74, 6) is -0.529. The van der Waals surface area contributed by atoms with E-state index in [0.29, 0.717) is 39.9 Å². The van der Waals surface area contributed by atoms with Gasteiger partial charge in [-0.2, -0.15) is 0 Å². The van der Waals surface area contributed by atoms with Crippen LogP contribution in [0, 0.1) is 24.3 Å². The van der Waals surface area contributed by atoms with Gasteiger partial charge in [0.25, 0.3) is 11.8 Å². The molecule has 0 spiro atoms. The minimum Gasteiger partial charge on any atom is -0.493 e. The van der Waals surface area contributed by atoms with Crippen LogP contribution in [0.15, 0.2) is 54.1 Å². The Balaban J connectivity index is 1.66. The molecule has 4 amide bonds. The number of hydrogen-bond donors (Lipinski definition) is 1. The van der Waals surface area contributed by atoms with E-state index < -0.39 is 17.8 Å². The number of nitrogens with zero attached hydrogens (tertiary/aromatic N) is 1. The lowest BCUT2D eigenvalue weighted by Gasteiger charge is -2.27. The van der Waals surface area contributed by atoms with Crippen molar-refractivity contribution in [1.29, 1.82) is 0 Å². The molecule has 0 unspecified atom stereocenters. The van der Waals surface area contributed by atoms with E-state index in [1.165, 1.54) is 19.3 Å². The van der Waals surface area contributed by atoms with Crippen LogP contribution in [-0.2, 0) is 16.2 Å². The molecule has 0 aliphatic carbocycles. The van der Waals surface area contributed by atoms with Crippen molar-refractivity contribution in [2.24, 2.45) is 0 Å². The number of urea groups is 1. The highest BCUT2D eigenvalue weighted by atomic mass is 127. The molecule has 1 N–H and O–H groups in total. The highest BCUT2D eigenvalue weighted by molar-refractivity contribution is 14.1. The first-order valence-electron chi connectivity index (χ1n) is 11.3. The van der Waals surface area contributed by atoms with Gasteiger partial charge in [-0.25, -0.2) is 9.69 Å². The third-order valence-electron chi connectivity index (χ3n) is 5.74. The van der Waals surface area contributed by atoms with Gasteiger partial charge in [0.05, 0.1) is 16.4 Å². The first-order valence-corrected chi connectivity index (χ1v) is 12.8. The molecule has 0 bridgehead atoms. The number of methoxy groups -OCH3 is 1. The maximum absolute atomic E-state index is 13.3. The standard InChI is InChI=1S/C28H24ClIN2O5/c1-15-7-16(2)9-19(8-15)14-37-25-22(30)11-18(12-24(25)36-4)10-21-26(33)31-28(35)32(27(21)34)23-13-20(29)6-5-17(23)3/h5-13H,14H2,1-4H3,(H,31,33,35)/b21-10+. The number of carbonyl (C=O) groups excluding carboxylic acids is 3. The molecule has 1 fully saturated rings. The fourth-order valence-corrected chi connectivity index (χ4v) is 5.08. The number of amides is 4. The number of ether oxygens (including phenoxy) is 2. The van der Waals surface area contributed by atoms with Crippen LogP contribution in [0.4, 0.5) is 10.5 Å². The minimum absolute atomic E-state index is 0.194. The second kappa shape index (κ2) is 10.9. The summed E-state index contributed by atoms with van der Waals surface area (Å²) in [6, 6.07) is 13.7. The Morgan fingerprint density at radius 2 is 1.70 bits per heavy atom. The summed E-state index contributed by atoms with van der Waals surface area (Å²) in [6.45, 7) is 6.17. The van der Waals surface area contributed by atoms with Gasteiger partial charge in [-0.1, -0.05) is 47.0 Å². The van der Waals surface area contributed by atoms with E-state index in [-0.39, 0.29) is 5.57 Å². The van der Waals surface area contributed by atoms with E-state index in [2.05, 4.69) is 46.1 Å². The monoisotopic (exact) mass is 630 g/mol. The Bertz CT molecular complexity index is 1450. The molecule has 7 nitrogen and oxygen atoms in total. The second-order valence-corrected chi connectivity index (χ2v) is 10.3. The summed E-state index contributed by atoms with van der Waals surface area (Å²) in [7, 11) is 1.52.